The van der Waals surface area contributed by atoms with Crippen LogP contribution in [0, 0.1) is 11.8 Å². The standard InChI is InChI=1S/C29H31ClN2O2.CH2O3/c30-25-14-15-27(33)32(19-25)18-21-10-12-24(13-11-21)28(23-5-1-2-6-23)29(34)31-26-7-3-4-22(17-26)16-20-8-9-20;2-1(3)4/h3-4,7,10-15,17,19-20,23,28H,1-2,5-6,8-9,16,18H2,(H,31,34);(H2,2,3,4). The zero-order chi connectivity index (χ0) is 27.1. The number of carbonyl (C=O) groups excluding carboxylic acids is 1. The molecule has 0 aliphatic heterocycles. The third kappa shape index (κ3) is 7.96. The summed E-state index contributed by atoms with van der Waals surface area (Å²) < 4.78 is 1.60. The number of nitrogens with one attached hydrogen (secondary N) is 1. The predicted octanol–water partition coefficient (Wildman–Crippen LogP) is 6.64. The molecule has 0 saturated heterocycles. The molecule has 1 atom stereocenters. The quantitative estimate of drug-likeness (QED) is 0.299. The van der Waals surface area contributed by atoms with E-state index in [4.69, 9.17) is 26.6 Å². The van der Waals surface area contributed by atoms with Crippen LogP contribution in [0.5, 0.6) is 0 Å². The minimum Gasteiger partial charge on any atom is -0.450 e. The number of hydrogen-bond donors (Lipinski definition) is 3. The normalized spacial score (nSPS) is 15.8. The fourth-order valence-corrected chi connectivity index (χ4v) is 5.41. The monoisotopic (exact) mass is 536 g/mol. The van der Waals surface area contributed by atoms with Gasteiger partial charge in [-0.25, -0.2) is 4.79 Å². The Morgan fingerprint density at radius 3 is 2.29 bits per heavy atom. The molecule has 1 heterocycles. The van der Waals surface area contributed by atoms with Crippen LogP contribution in [-0.2, 0) is 17.8 Å². The van der Waals surface area contributed by atoms with Gasteiger partial charge in [0.2, 0.25) is 5.91 Å². The number of hydrogen-bond acceptors (Lipinski definition) is 3. The van der Waals surface area contributed by atoms with Crippen LogP contribution < -0.4 is 10.9 Å². The molecule has 8 heteroatoms. The number of aromatic nitrogens is 1. The van der Waals surface area contributed by atoms with Gasteiger partial charge in [0.05, 0.1) is 17.5 Å². The molecule has 0 bridgehead atoms. The maximum absolute atomic E-state index is 13.5. The first kappa shape index (κ1) is 27.5. The third-order valence-electron chi connectivity index (χ3n) is 7.21. The van der Waals surface area contributed by atoms with Crippen molar-refractivity contribution in [3.8, 4) is 0 Å². The van der Waals surface area contributed by atoms with E-state index in [2.05, 4.69) is 29.6 Å². The number of rotatable bonds is 8. The third-order valence-corrected chi connectivity index (χ3v) is 7.43. The van der Waals surface area contributed by atoms with E-state index in [-0.39, 0.29) is 17.4 Å². The lowest BCUT2D eigenvalue weighted by Crippen LogP contribution is -2.26. The largest absolute Gasteiger partial charge is 0.503 e. The van der Waals surface area contributed by atoms with Crippen LogP contribution in [-0.4, -0.2) is 26.8 Å². The maximum atomic E-state index is 13.5. The van der Waals surface area contributed by atoms with E-state index in [1.165, 1.54) is 37.3 Å². The van der Waals surface area contributed by atoms with E-state index in [0.29, 0.717) is 17.5 Å². The number of halogens is 1. The molecule has 3 aromatic rings. The van der Waals surface area contributed by atoms with E-state index in [9.17, 15) is 9.59 Å². The summed E-state index contributed by atoms with van der Waals surface area (Å²) in [7, 11) is 0. The van der Waals surface area contributed by atoms with Gasteiger partial charge in [-0.1, -0.05) is 60.8 Å². The van der Waals surface area contributed by atoms with Crippen molar-refractivity contribution in [1.82, 2.24) is 4.57 Å². The van der Waals surface area contributed by atoms with Crippen molar-refractivity contribution in [3.05, 3.63) is 98.9 Å². The van der Waals surface area contributed by atoms with Crippen LogP contribution in [0.2, 0.25) is 5.02 Å². The lowest BCUT2D eigenvalue weighted by Gasteiger charge is -2.24. The van der Waals surface area contributed by atoms with Crippen LogP contribution >= 0.6 is 11.6 Å². The molecule has 2 aliphatic carbocycles. The van der Waals surface area contributed by atoms with E-state index in [1.807, 2.05) is 24.3 Å². The Balaban J connectivity index is 0.000000786. The zero-order valence-corrected chi connectivity index (χ0v) is 21.9. The first-order valence-electron chi connectivity index (χ1n) is 13.0. The minimum atomic E-state index is -1.83. The van der Waals surface area contributed by atoms with Gasteiger partial charge in [-0.15, -0.1) is 0 Å². The molecular formula is C30H33ClN2O5. The Morgan fingerprint density at radius 1 is 0.947 bits per heavy atom. The molecule has 2 saturated carbocycles. The summed E-state index contributed by atoms with van der Waals surface area (Å²) in [4.78, 5) is 34.2. The minimum absolute atomic E-state index is 0.0780. The van der Waals surface area contributed by atoms with Gasteiger partial charge in [-0.05, 0) is 78.8 Å². The molecule has 0 spiro atoms. The number of carboxylic acid groups (broad SMARTS) is 2. The number of benzene rings is 2. The van der Waals surface area contributed by atoms with Gasteiger partial charge in [0.25, 0.3) is 5.56 Å². The van der Waals surface area contributed by atoms with Crippen molar-refractivity contribution in [3.63, 3.8) is 0 Å². The number of amides is 1. The van der Waals surface area contributed by atoms with Gasteiger partial charge in [-0.3, -0.25) is 9.59 Å². The smallest absolute Gasteiger partial charge is 0.450 e. The molecular weight excluding hydrogens is 504 g/mol. The van der Waals surface area contributed by atoms with Gasteiger partial charge < -0.3 is 20.1 Å². The number of pyridine rings is 1. The maximum Gasteiger partial charge on any atom is 0.503 e. The Kier molecular flexibility index (Phi) is 9.24. The Labute approximate surface area is 227 Å². The molecule has 0 radical (unpaired) electrons. The predicted molar refractivity (Wildman–Crippen MR) is 148 cm³/mol. The second-order valence-electron chi connectivity index (χ2n) is 10.2. The Hall–Kier alpha value is -3.58. The fourth-order valence-electron chi connectivity index (χ4n) is 5.23. The fraction of sp³-hybridized carbons (Fsp3) is 0.367. The van der Waals surface area contributed by atoms with Gasteiger partial charge in [0.1, 0.15) is 0 Å². The van der Waals surface area contributed by atoms with Crippen LogP contribution in [0.3, 0.4) is 0 Å². The molecule has 3 N–H and O–H groups in total. The topological polar surface area (TPSA) is 109 Å². The summed E-state index contributed by atoms with van der Waals surface area (Å²) in [5.41, 5.74) is 4.16. The summed E-state index contributed by atoms with van der Waals surface area (Å²) in [6, 6.07) is 19.6. The van der Waals surface area contributed by atoms with Crippen molar-refractivity contribution in [2.75, 3.05) is 5.32 Å². The SMILES string of the molecule is O=C(Nc1cccc(CC2CC2)c1)C(c1ccc(Cn2cc(Cl)ccc2=O)cc1)C1CCCC1.O=C(O)O. The van der Waals surface area contributed by atoms with Gasteiger partial charge >= 0.3 is 6.16 Å². The Morgan fingerprint density at radius 2 is 1.63 bits per heavy atom. The number of carbonyl (C=O) groups is 2. The molecule has 38 heavy (non-hydrogen) atoms. The van der Waals surface area contributed by atoms with E-state index >= 15 is 0 Å². The van der Waals surface area contributed by atoms with Crippen LogP contribution in [0.25, 0.3) is 0 Å². The van der Waals surface area contributed by atoms with E-state index < -0.39 is 6.16 Å². The lowest BCUT2D eigenvalue weighted by atomic mass is 9.83. The first-order valence-corrected chi connectivity index (χ1v) is 13.4. The second kappa shape index (κ2) is 12.8. The van der Waals surface area contributed by atoms with Crippen molar-refractivity contribution >= 4 is 29.4 Å². The summed E-state index contributed by atoms with van der Waals surface area (Å²) in [6.07, 6.45) is 8.10. The summed E-state index contributed by atoms with van der Waals surface area (Å²) in [5.74, 6) is 1.08. The van der Waals surface area contributed by atoms with Crippen molar-refractivity contribution < 1.29 is 19.8 Å². The number of anilines is 1. The molecule has 2 aliphatic rings. The highest BCUT2D eigenvalue weighted by Gasteiger charge is 2.32. The van der Waals surface area contributed by atoms with Crippen molar-refractivity contribution in [2.24, 2.45) is 11.8 Å². The highest BCUT2D eigenvalue weighted by molar-refractivity contribution is 6.30. The van der Waals surface area contributed by atoms with E-state index in [0.717, 1.165) is 42.0 Å². The summed E-state index contributed by atoms with van der Waals surface area (Å²) in [5, 5.41) is 17.7. The molecule has 200 valence electrons. The number of nitrogens with zero attached hydrogens (tertiary/aromatic N) is 1. The summed E-state index contributed by atoms with van der Waals surface area (Å²) in [6.45, 7) is 0.452. The molecule has 1 aromatic heterocycles. The van der Waals surface area contributed by atoms with Gasteiger partial charge in [-0.2, -0.15) is 0 Å². The molecule has 1 unspecified atom stereocenters. The highest BCUT2D eigenvalue weighted by atomic mass is 35.5. The Bertz CT molecular complexity index is 1310. The van der Waals surface area contributed by atoms with Crippen LogP contribution in [0.1, 0.15) is 61.1 Å². The second-order valence-corrected chi connectivity index (χ2v) is 10.6. The first-order chi connectivity index (χ1) is 18.3. The zero-order valence-electron chi connectivity index (χ0n) is 21.2. The van der Waals surface area contributed by atoms with Crippen molar-refractivity contribution in [2.45, 2.75) is 57.4 Å². The molecule has 2 aromatic carbocycles. The van der Waals surface area contributed by atoms with Crippen LogP contribution in [0.15, 0.2) is 71.7 Å². The van der Waals surface area contributed by atoms with Gasteiger partial charge in [0.15, 0.2) is 0 Å². The highest BCUT2D eigenvalue weighted by Crippen LogP contribution is 2.38. The molecule has 5 rings (SSSR count). The average molecular weight is 537 g/mol. The van der Waals surface area contributed by atoms with Crippen molar-refractivity contribution in [1.29, 1.82) is 0 Å². The van der Waals surface area contributed by atoms with Crippen LogP contribution in [0.4, 0.5) is 10.5 Å². The molecule has 2 fully saturated rings. The average Bonchev–Trinajstić information content (AvgIpc) is 3.52. The lowest BCUT2D eigenvalue weighted by molar-refractivity contribution is -0.118. The van der Waals surface area contributed by atoms with Gasteiger partial charge in [0, 0.05) is 18.0 Å². The van der Waals surface area contributed by atoms with E-state index in [1.54, 1.807) is 16.8 Å². The molecule has 7 nitrogen and oxygen atoms in total. The summed E-state index contributed by atoms with van der Waals surface area (Å²) >= 11 is 6.06. The molecule has 1 amide bonds.